The van der Waals surface area contributed by atoms with Gasteiger partial charge in [-0.05, 0) is 41.8 Å². The highest BCUT2D eigenvalue weighted by Crippen LogP contribution is 2.17. The lowest BCUT2D eigenvalue weighted by Gasteiger charge is -2.02. The van der Waals surface area contributed by atoms with Crippen molar-refractivity contribution < 1.29 is 0 Å². The Labute approximate surface area is 116 Å². The van der Waals surface area contributed by atoms with E-state index in [4.69, 9.17) is 5.41 Å². The molecule has 0 saturated carbocycles. The van der Waals surface area contributed by atoms with Crippen molar-refractivity contribution in [3.63, 3.8) is 0 Å². The molecule has 0 aliphatic carbocycles. The zero-order valence-electron chi connectivity index (χ0n) is 10.2. The van der Waals surface area contributed by atoms with Crippen LogP contribution in [0.25, 0.3) is 6.08 Å². The number of halogens is 1. The van der Waals surface area contributed by atoms with Gasteiger partial charge in [-0.15, -0.1) is 0 Å². The molecule has 0 bridgehead atoms. The summed E-state index contributed by atoms with van der Waals surface area (Å²) in [4.78, 5) is 0. The summed E-state index contributed by atoms with van der Waals surface area (Å²) in [7, 11) is 0. The van der Waals surface area contributed by atoms with E-state index < -0.39 is 0 Å². The van der Waals surface area contributed by atoms with E-state index in [-0.39, 0.29) is 0 Å². The second kappa shape index (κ2) is 5.78. The number of benzene rings is 2. The highest BCUT2D eigenvalue weighted by molar-refractivity contribution is 9.10. The molecule has 90 valence electrons. The minimum absolute atomic E-state index is 0.523. The van der Waals surface area contributed by atoms with Crippen LogP contribution in [0.2, 0.25) is 0 Å². The normalized spacial score (nSPS) is 10.8. The van der Waals surface area contributed by atoms with Gasteiger partial charge in [0, 0.05) is 4.47 Å². The molecule has 1 nitrogen and oxygen atoms in total. The summed E-state index contributed by atoms with van der Waals surface area (Å²) in [5.74, 6) is 0. The van der Waals surface area contributed by atoms with Crippen molar-refractivity contribution in [2.24, 2.45) is 0 Å². The van der Waals surface area contributed by atoms with E-state index in [0.29, 0.717) is 5.71 Å². The fourth-order valence-electron chi connectivity index (χ4n) is 1.65. The summed E-state index contributed by atoms with van der Waals surface area (Å²) in [6, 6.07) is 16.0. The average Bonchev–Trinajstić information content (AvgIpc) is 2.40. The Hall–Kier alpha value is -1.67. The zero-order valence-corrected chi connectivity index (χ0v) is 11.7. The monoisotopic (exact) mass is 299 g/mol. The van der Waals surface area contributed by atoms with Crippen LogP contribution in [0.4, 0.5) is 0 Å². The summed E-state index contributed by atoms with van der Waals surface area (Å²) in [5, 5.41) is 8.04. The summed E-state index contributed by atoms with van der Waals surface area (Å²) in [6.07, 6.45) is 3.79. The molecule has 2 rings (SSSR count). The van der Waals surface area contributed by atoms with Gasteiger partial charge >= 0.3 is 0 Å². The van der Waals surface area contributed by atoms with Gasteiger partial charge < -0.3 is 5.41 Å². The lowest BCUT2D eigenvalue weighted by Crippen LogP contribution is -1.94. The SMILES string of the molecule is Cc1cc(C(=N)C=Cc2ccccc2)ccc1Br. The van der Waals surface area contributed by atoms with Gasteiger partial charge in [0.05, 0.1) is 5.71 Å². The first-order valence-corrected chi connectivity index (χ1v) is 6.54. The van der Waals surface area contributed by atoms with Gasteiger partial charge in [-0.25, -0.2) is 0 Å². The van der Waals surface area contributed by atoms with Crippen LogP contribution in [0.3, 0.4) is 0 Å². The Morgan fingerprint density at radius 1 is 1.11 bits per heavy atom. The molecule has 2 heteroatoms. The number of rotatable bonds is 3. The van der Waals surface area contributed by atoms with Gasteiger partial charge in [-0.3, -0.25) is 0 Å². The number of nitrogens with one attached hydrogen (secondary N) is 1. The molecule has 2 aromatic rings. The van der Waals surface area contributed by atoms with Crippen molar-refractivity contribution in [1.82, 2.24) is 0 Å². The lowest BCUT2D eigenvalue weighted by atomic mass is 10.1. The van der Waals surface area contributed by atoms with Crippen LogP contribution in [0, 0.1) is 12.3 Å². The molecule has 0 atom stereocenters. The van der Waals surface area contributed by atoms with Gasteiger partial charge in [-0.1, -0.05) is 58.4 Å². The third-order valence-electron chi connectivity index (χ3n) is 2.71. The maximum Gasteiger partial charge on any atom is 0.0612 e. The molecule has 0 heterocycles. The molecule has 0 amide bonds. The third kappa shape index (κ3) is 3.17. The highest BCUT2D eigenvalue weighted by Gasteiger charge is 2.00. The molecule has 18 heavy (non-hydrogen) atoms. The summed E-state index contributed by atoms with van der Waals surface area (Å²) in [5.41, 5.74) is 3.71. The first kappa shape index (κ1) is 12.8. The van der Waals surface area contributed by atoms with Crippen molar-refractivity contribution in [2.75, 3.05) is 0 Å². The van der Waals surface area contributed by atoms with Gasteiger partial charge in [0.15, 0.2) is 0 Å². The van der Waals surface area contributed by atoms with Gasteiger partial charge in [-0.2, -0.15) is 0 Å². The maximum atomic E-state index is 8.04. The fraction of sp³-hybridized carbons (Fsp3) is 0.0625. The minimum Gasteiger partial charge on any atom is -0.300 e. The van der Waals surface area contributed by atoms with Crippen LogP contribution in [-0.4, -0.2) is 5.71 Å². The molecule has 1 N–H and O–H groups in total. The zero-order chi connectivity index (χ0) is 13.0. The molecular weight excluding hydrogens is 286 g/mol. The van der Waals surface area contributed by atoms with Crippen LogP contribution < -0.4 is 0 Å². The van der Waals surface area contributed by atoms with Crippen LogP contribution in [0.1, 0.15) is 16.7 Å². The molecule has 0 saturated heterocycles. The molecule has 0 fully saturated rings. The van der Waals surface area contributed by atoms with E-state index in [1.807, 2.05) is 67.6 Å². The first-order chi connectivity index (χ1) is 8.66. The Kier molecular flexibility index (Phi) is 4.11. The fourth-order valence-corrected chi connectivity index (χ4v) is 1.90. The van der Waals surface area contributed by atoms with E-state index >= 15 is 0 Å². The average molecular weight is 300 g/mol. The predicted octanol–water partition coefficient (Wildman–Crippen LogP) is 4.84. The standard InChI is InChI=1S/C16H14BrN/c1-12-11-14(8-9-15(12)17)16(18)10-7-13-5-3-2-4-6-13/h2-11,18H,1H3. The first-order valence-electron chi connectivity index (χ1n) is 5.75. The quantitative estimate of drug-likeness (QED) is 0.784. The number of aryl methyl sites for hydroxylation is 1. The molecule has 2 aromatic carbocycles. The van der Waals surface area contributed by atoms with Crippen molar-refractivity contribution >= 4 is 27.7 Å². The molecule has 0 aliphatic heterocycles. The van der Waals surface area contributed by atoms with E-state index in [9.17, 15) is 0 Å². The second-order valence-electron chi connectivity index (χ2n) is 4.12. The number of allylic oxidation sites excluding steroid dienone is 1. The van der Waals surface area contributed by atoms with Crippen molar-refractivity contribution in [3.8, 4) is 0 Å². The molecule has 0 aromatic heterocycles. The smallest absolute Gasteiger partial charge is 0.0612 e. The van der Waals surface area contributed by atoms with E-state index in [1.165, 1.54) is 0 Å². The van der Waals surface area contributed by atoms with Crippen LogP contribution >= 0.6 is 15.9 Å². The van der Waals surface area contributed by atoms with Gasteiger partial charge in [0.1, 0.15) is 0 Å². The minimum atomic E-state index is 0.523. The topological polar surface area (TPSA) is 23.9 Å². The predicted molar refractivity (Wildman–Crippen MR) is 81.2 cm³/mol. The maximum absolute atomic E-state index is 8.04. The largest absolute Gasteiger partial charge is 0.300 e. The van der Waals surface area contributed by atoms with Crippen LogP contribution in [0.5, 0.6) is 0 Å². The van der Waals surface area contributed by atoms with Crippen molar-refractivity contribution in [1.29, 1.82) is 5.41 Å². The summed E-state index contributed by atoms with van der Waals surface area (Å²) >= 11 is 3.47. The molecule has 0 unspecified atom stereocenters. The van der Waals surface area contributed by atoms with Crippen molar-refractivity contribution in [3.05, 3.63) is 75.8 Å². The van der Waals surface area contributed by atoms with Crippen molar-refractivity contribution in [2.45, 2.75) is 6.92 Å². The molecule has 0 aliphatic rings. The molecular formula is C16H14BrN. The van der Waals surface area contributed by atoms with E-state index in [1.54, 1.807) is 0 Å². The lowest BCUT2D eigenvalue weighted by molar-refractivity contribution is 1.40. The van der Waals surface area contributed by atoms with E-state index in [2.05, 4.69) is 15.9 Å². The summed E-state index contributed by atoms with van der Waals surface area (Å²) in [6.45, 7) is 2.03. The molecule has 0 spiro atoms. The third-order valence-corrected chi connectivity index (χ3v) is 3.60. The number of hydrogen-bond acceptors (Lipinski definition) is 1. The van der Waals surface area contributed by atoms with Gasteiger partial charge in [0.2, 0.25) is 0 Å². The van der Waals surface area contributed by atoms with Crippen LogP contribution in [-0.2, 0) is 0 Å². The Morgan fingerprint density at radius 2 is 1.83 bits per heavy atom. The van der Waals surface area contributed by atoms with E-state index in [0.717, 1.165) is 21.2 Å². The summed E-state index contributed by atoms with van der Waals surface area (Å²) < 4.78 is 1.08. The highest BCUT2D eigenvalue weighted by atomic mass is 79.9. The Morgan fingerprint density at radius 3 is 2.50 bits per heavy atom. The molecule has 0 radical (unpaired) electrons. The Bertz CT molecular complexity index is 585. The Balaban J connectivity index is 2.17. The second-order valence-corrected chi connectivity index (χ2v) is 4.98. The number of hydrogen-bond donors (Lipinski definition) is 1. The van der Waals surface area contributed by atoms with Crippen LogP contribution in [0.15, 0.2) is 59.1 Å². The van der Waals surface area contributed by atoms with Gasteiger partial charge in [0.25, 0.3) is 0 Å².